The van der Waals surface area contributed by atoms with Crippen LogP contribution >= 0.6 is 0 Å². The fourth-order valence-corrected chi connectivity index (χ4v) is 15.7. The van der Waals surface area contributed by atoms with Gasteiger partial charge in [0.25, 0.3) is 0 Å². The van der Waals surface area contributed by atoms with Gasteiger partial charge in [0.15, 0.2) is 16.6 Å². The highest BCUT2D eigenvalue weighted by atomic mass is 28.5. The maximum absolute atomic E-state index is 11.9. The van der Waals surface area contributed by atoms with E-state index in [2.05, 4.69) is 45.8 Å². The van der Waals surface area contributed by atoms with E-state index in [1.807, 2.05) is 0 Å². The van der Waals surface area contributed by atoms with Crippen molar-refractivity contribution in [3.8, 4) is 0 Å². The number of likely N-dealkylation sites (tertiary alicyclic amines) is 1. The van der Waals surface area contributed by atoms with E-state index in [9.17, 15) is 9.59 Å². The van der Waals surface area contributed by atoms with Gasteiger partial charge in [-0.1, -0.05) is 0 Å². The van der Waals surface area contributed by atoms with Crippen molar-refractivity contribution in [2.75, 3.05) is 13.1 Å². The monoisotopic (exact) mass is 391 g/mol. The fourth-order valence-electron chi connectivity index (χ4n) is 3.16. The van der Waals surface area contributed by atoms with Crippen LogP contribution in [-0.4, -0.2) is 60.2 Å². The van der Waals surface area contributed by atoms with Crippen molar-refractivity contribution in [2.24, 2.45) is 5.92 Å². The van der Waals surface area contributed by atoms with Crippen LogP contribution in [0.25, 0.3) is 0 Å². The number of carbonyl (C=O) groups excluding carboxylic acids is 1. The molecule has 1 heterocycles. The van der Waals surface area contributed by atoms with Crippen LogP contribution in [0.5, 0.6) is 0 Å². The van der Waals surface area contributed by atoms with Gasteiger partial charge in [-0.05, 0) is 58.3 Å². The average molecular weight is 392 g/mol. The maximum Gasteiger partial charge on any atom is 0.314 e. The number of aliphatic carboxylic acids is 1. The first kappa shape index (κ1) is 21.6. The molecule has 1 fully saturated rings. The molecule has 9 heteroatoms. The van der Waals surface area contributed by atoms with E-state index < -0.39 is 37.1 Å². The predicted octanol–water partition coefficient (Wildman–Crippen LogP) is 3.08. The smallest absolute Gasteiger partial charge is 0.314 e. The fraction of sp³-hybridized carbons (Fsp3) is 0.867. The lowest BCUT2D eigenvalue weighted by molar-refractivity contribution is -0.141. The van der Waals surface area contributed by atoms with Gasteiger partial charge in [0.05, 0.1) is 5.92 Å². The third-order valence-corrected chi connectivity index (χ3v) is 13.3. The van der Waals surface area contributed by atoms with Crippen molar-refractivity contribution < 1.29 is 22.9 Å². The van der Waals surface area contributed by atoms with Gasteiger partial charge >= 0.3 is 14.5 Å². The summed E-state index contributed by atoms with van der Waals surface area (Å²) >= 11 is 0. The largest absolute Gasteiger partial charge is 0.481 e. The van der Waals surface area contributed by atoms with Crippen molar-refractivity contribution in [2.45, 2.75) is 64.7 Å². The Bertz CT molecular complexity index is 457. The van der Waals surface area contributed by atoms with Crippen molar-refractivity contribution in [3.05, 3.63) is 0 Å². The zero-order valence-corrected chi connectivity index (χ0v) is 19.1. The molecule has 0 aromatic rings. The second-order valence-corrected chi connectivity index (χ2v) is 21.6. The Hall–Kier alpha value is -0.489. The molecule has 1 saturated heterocycles. The van der Waals surface area contributed by atoms with Crippen molar-refractivity contribution in [1.82, 2.24) is 4.90 Å². The highest BCUT2D eigenvalue weighted by molar-refractivity contribution is 6.87. The number of nitrogens with zero attached hydrogens (tertiary/aromatic N) is 1. The number of carboxylic acids is 1. The van der Waals surface area contributed by atoms with Gasteiger partial charge in [-0.3, -0.25) is 9.59 Å². The topological polar surface area (TPSA) is 76.1 Å². The number of carbonyl (C=O) groups is 2. The average Bonchev–Trinajstić information content (AvgIpc) is 2.65. The number of amides is 1. The minimum absolute atomic E-state index is 0.0528. The molecule has 1 amide bonds. The van der Waals surface area contributed by atoms with Crippen LogP contribution in [0.2, 0.25) is 51.9 Å². The van der Waals surface area contributed by atoms with Crippen LogP contribution in [0.1, 0.15) is 12.8 Å². The minimum Gasteiger partial charge on any atom is -0.481 e. The molecule has 1 aliphatic heterocycles. The summed E-state index contributed by atoms with van der Waals surface area (Å²) < 4.78 is 12.9. The molecular weight excluding hydrogens is 358 g/mol. The van der Waals surface area contributed by atoms with E-state index in [-0.39, 0.29) is 12.3 Å². The Morgan fingerprint density at radius 3 is 2.00 bits per heavy atom. The first-order valence-electron chi connectivity index (χ1n) is 8.62. The Kier molecular flexibility index (Phi) is 7.02. The van der Waals surface area contributed by atoms with Crippen LogP contribution in [0.4, 0.5) is 0 Å². The summed E-state index contributed by atoms with van der Waals surface area (Å²) in [5.74, 6) is -1.49. The zero-order valence-electron chi connectivity index (χ0n) is 16.1. The van der Waals surface area contributed by atoms with Gasteiger partial charge in [-0.25, -0.2) is 0 Å². The summed E-state index contributed by atoms with van der Waals surface area (Å²) in [6, 6.07) is 0.836. The quantitative estimate of drug-likeness (QED) is 0.611. The third kappa shape index (κ3) is 7.60. The van der Waals surface area contributed by atoms with Gasteiger partial charge in [-0.2, -0.15) is 0 Å². The summed E-state index contributed by atoms with van der Waals surface area (Å²) in [6.07, 6.45) is 0.927. The molecule has 1 rings (SSSR count). The zero-order chi connectivity index (χ0) is 18.8. The molecule has 1 unspecified atom stereocenters. The predicted molar refractivity (Wildman–Crippen MR) is 102 cm³/mol. The molecule has 0 aromatic heterocycles. The van der Waals surface area contributed by atoms with E-state index in [1.165, 1.54) is 0 Å². The highest BCUT2D eigenvalue weighted by Crippen LogP contribution is 2.26. The minimum atomic E-state index is -2.28. The first-order valence-corrected chi connectivity index (χ1v) is 18.0. The second kappa shape index (κ2) is 7.81. The van der Waals surface area contributed by atoms with E-state index in [0.29, 0.717) is 13.1 Å². The lowest BCUT2D eigenvalue weighted by Gasteiger charge is -2.38. The SMILES string of the molecule is C[Si](C)(C)O[Si](C)(CCCN1CC(C(=O)O)CC1=O)O[Si](C)(C)C. The summed E-state index contributed by atoms with van der Waals surface area (Å²) in [5.41, 5.74) is 0. The molecule has 0 saturated carbocycles. The summed E-state index contributed by atoms with van der Waals surface area (Å²) in [4.78, 5) is 24.6. The number of hydrogen-bond donors (Lipinski definition) is 1. The first-order chi connectivity index (χ1) is 10.7. The summed E-state index contributed by atoms with van der Waals surface area (Å²) in [7, 11) is -5.71. The number of hydrogen-bond acceptors (Lipinski definition) is 4. The lowest BCUT2D eigenvalue weighted by atomic mass is 10.1. The molecular formula is C15H33NO5Si3. The standard InChI is InChI=1S/C15H33NO5Si3/c1-22(2,3)20-24(7,21-23(4,5)6)10-8-9-16-12-13(15(18)19)11-14(16)17/h13H,8-12H2,1-7H3,(H,18,19). The van der Waals surface area contributed by atoms with Crippen LogP contribution in [0.3, 0.4) is 0 Å². The Morgan fingerprint density at radius 2 is 1.62 bits per heavy atom. The van der Waals surface area contributed by atoms with Gasteiger partial charge < -0.3 is 18.2 Å². The summed E-state index contributed by atoms with van der Waals surface area (Å²) in [5, 5.41) is 9.06. The van der Waals surface area contributed by atoms with Gasteiger partial charge in [0.1, 0.15) is 0 Å². The molecule has 1 aliphatic rings. The van der Waals surface area contributed by atoms with Crippen LogP contribution in [0, 0.1) is 5.92 Å². The van der Waals surface area contributed by atoms with E-state index in [4.69, 9.17) is 13.3 Å². The van der Waals surface area contributed by atoms with Gasteiger partial charge in [0.2, 0.25) is 5.91 Å². The highest BCUT2D eigenvalue weighted by Gasteiger charge is 2.40. The summed E-state index contributed by atoms with van der Waals surface area (Å²) in [6.45, 7) is 16.1. The van der Waals surface area contributed by atoms with E-state index in [0.717, 1.165) is 12.5 Å². The molecule has 6 nitrogen and oxygen atoms in total. The molecule has 0 bridgehead atoms. The second-order valence-electron chi connectivity index (χ2n) is 8.75. The molecule has 140 valence electrons. The Morgan fingerprint density at radius 1 is 1.12 bits per heavy atom. The van der Waals surface area contributed by atoms with Crippen LogP contribution in [0.15, 0.2) is 0 Å². The molecule has 0 aromatic carbocycles. The molecule has 0 spiro atoms. The van der Waals surface area contributed by atoms with E-state index in [1.54, 1.807) is 4.90 Å². The third-order valence-electron chi connectivity index (χ3n) is 3.67. The Balaban J connectivity index is 2.62. The van der Waals surface area contributed by atoms with E-state index >= 15 is 0 Å². The number of carboxylic acid groups (broad SMARTS) is 1. The van der Waals surface area contributed by atoms with Crippen LogP contribution in [-0.2, 0) is 17.8 Å². The molecule has 0 radical (unpaired) electrons. The Labute approximate surface area is 149 Å². The van der Waals surface area contributed by atoms with Gasteiger partial charge in [0, 0.05) is 19.5 Å². The molecule has 24 heavy (non-hydrogen) atoms. The van der Waals surface area contributed by atoms with Crippen molar-refractivity contribution in [3.63, 3.8) is 0 Å². The van der Waals surface area contributed by atoms with Gasteiger partial charge in [-0.15, -0.1) is 0 Å². The molecule has 1 atom stereocenters. The lowest BCUT2D eigenvalue weighted by Crippen LogP contribution is -2.52. The van der Waals surface area contributed by atoms with Crippen molar-refractivity contribution >= 4 is 37.1 Å². The molecule has 1 N–H and O–H groups in total. The van der Waals surface area contributed by atoms with Crippen molar-refractivity contribution in [1.29, 1.82) is 0 Å². The normalized spacial score (nSPS) is 19.9. The molecule has 0 aliphatic carbocycles. The number of rotatable bonds is 9. The maximum atomic E-state index is 11.9. The van der Waals surface area contributed by atoms with Crippen LogP contribution < -0.4 is 0 Å².